The van der Waals surface area contributed by atoms with Gasteiger partial charge in [0.15, 0.2) is 0 Å². The average molecular weight is 272 g/mol. The van der Waals surface area contributed by atoms with Gasteiger partial charge in [-0.1, -0.05) is 0 Å². The van der Waals surface area contributed by atoms with Crippen LogP contribution in [0.25, 0.3) is 0 Å². The van der Waals surface area contributed by atoms with Gasteiger partial charge in [-0.2, -0.15) is 0 Å². The van der Waals surface area contributed by atoms with Crippen molar-refractivity contribution in [2.45, 2.75) is 39.3 Å². The van der Waals surface area contributed by atoms with Gasteiger partial charge in [0.1, 0.15) is 6.04 Å². The van der Waals surface area contributed by atoms with E-state index in [2.05, 4.69) is 5.32 Å². The van der Waals surface area contributed by atoms with Crippen LogP contribution in [0.4, 0.5) is 0 Å². The van der Waals surface area contributed by atoms with Crippen molar-refractivity contribution in [3.8, 4) is 0 Å². The number of hydrogen-bond acceptors (Lipinski definition) is 6. The molecule has 0 aromatic carbocycles. The standard InChI is InChI=1S/C13H24N2O4/c1-4-18-12(16)8-10(3)15-7-6-14-9-11(15)13(17)19-5-2/h10-11,14H,4-9H2,1-3H3. The van der Waals surface area contributed by atoms with Crippen LogP contribution in [0.1, 0.15) is 27.2 Å². The van der Waals surface area contributed by atoms with Crippen molar-refractivity contribution in [1.29, 1.82) is 0 Å². The normalized spacial score (nSPS) is 21.7. The van der Waals surface area contributed by atoms with Crippen LogP contribution in [0.3, 0.4) is 0 Å². The monoisotopic (exact) mass is 272 g/mol. The Hall–Kier alpha value is -1.14. The molecule has 1 aliphatic rings. The minimum absolute atomic E-state index is 0.0319. The maximum Gasteiger partial charge on any atom is 0.324 e. The highest BCUT2D eigenvalue weighted by Crippen LogP contribution is 2.13. The van der Waals surface area contributed by atoms with E-state index in [-0.39, 0.29) is 24.0 Å². The van der Waals surface area contributed by atoms with Crippen LogP contribution >= 0.6 is 0 Å². The summed E-state index contributed by atoms with van der Waals surface area (Å²) >= 11 is 0. The van der Waals surface area contributed by atoms with Crippen molar-refractivity contribution in [3.63, 3.8) is 0 Å². The van der Waals surface area contributed by atoms with Crippen molar-refractivity contribution in [3.05, 3.63) is 0 Å². The zero-order valence-corrected chi connectivity index (χ0v) is 12.0. The third kappa shape index (κ3) is 4.80. The largest absolute Gasteiger partial charge is 0.466 e. The summed E-state index contributed by atoms with van der Waals surface area (Å²) in [6.45, 7) is 8.37. The number of carbonyl (C=O) groups excluding carboxylic acids is 2. The van der Waals surface area contributed by atoms with Crippen LogP contribution in [0.2, 0.25) is 0 Å². The molecular weight excluding hydrogens is 248 g/mol. The number of rotatable bonds is 6. The van der Waals surface area contributed by atoms with E-state index in [1.165, 1.54) is 0 Å². The number of hydrogen-bond donors (Lipinski definition) is 1. The van der Waals surface area contributed by atoms with Gasteiger partial charge >= 0.3 is 11.9 Å². The molecule has 2 atom stereocenters. The zero-order chi connectivity index (χ0) is 14.3. The lowest BCUT2D eigenvalue weighted by atomic mass is 10.1. The predicted octanol–water partition coefficient (Wildman–Crippen LogP) is 0.165. The molecule has 1 fully saturated rings. The smallest absolute Gasteiger partial charge is 0.324 e. The summed E-state index contributed by atoms with van der Waals surface area (Å²) in [7, 11) is 0. The molecule has 2 unspecified atom stereocenters. The Kier molecular flexibility index (Phi) is 6.80. The van der Waals surface area contributed by atoms with Crippen molar-refractivity contribution in [2.24, 2.45) is 0 Å². The molecule has 1 saturated heterocycles. The summed E-state index contributed by atoms with van der Waals surface area (Å²) in [5.41, 5.74) is 0. The highest BCUT2D eigenvalue weighted by atomic mass is 16.5. The maximum atomic E-state index is 11.9. The van der Waals surface area contributed by atoms with E-state index in [0.29, 0.717) is 26.2 Å². The third-order valence-electron chi connectivity index (χ3n) is 3.18. The van der Waals surface area contributed by atoms with Gasteiger partial charge in [-0.3, -0.25) is 14.5 Å². The SMILES string of the molecule is CCOC(=O)CC(C)N1CCNCC1C(=O)OCC. The molecule has 1 N–H and O–H groups in total. The lowest BCUT2D eigenvalue weighted by Gasteiger charge is -2.38. The van der Waals surface area contributed by atoms with E-state index in [1.54, 1.807) is 13.8 Å². The van der Waals surface area contributed by atoms with Crippen molar-refractivity contribution < 1.29 is 19.1 Å². The minimum atomic E-state index is -0.321. The van der Waals surface area contributed by atoms with Gasteiger partial charge < -0.3 is 14.8 Å². The highest BCUT2D eigenvalue weighted by molar-refractivity contribution is 5.76. The number of ether oxygens (including phenoxy) is 2. The molecule has 0 bridgehead atoms. The second-order valence-corrected chi connectivity index (χ2v) is 4.57. The van der Waals surface area contributed by atoms with Crippen LogP contribution in [-0.4, -0.2) is 61.8 Å². The highest BCUT2D eigenvalue weighted by Gasteiger charge is 2.33. The van der Waals surface area contributed by atoms with E-state index >= 15 is 0 Å². The van der Waals surface area contributed by atoms with Crippen LogP contribution < -0.4 is 5.32 Å². The molecule has 0 radical (unpaired) electrons. The molecule has 1 heterocycles. The molecule has 0 amide bonds. The predicted molar refractivity (Wildman–Crippen MR) is 70.7 cm³/mol. The van der Waals surface area contributed by atoms with Gasteiger partial charge in [0.25, 0.3) is 0 Å². The summed E-state index contributed by atoms with van der Waals surface area (Å²) < 4.78 is 10.0. The topological polar surface area (TPSA) is 67.9 Å². The Balaban J connectivity index is 2.60. The molecule has 19 heavy (non-hydrogen) atoms. The van der Waals surface area contributed by atoms with E-state index < -0.39 is 0 Å². The lowest BCUT2D eigenvalue weighted by molar-refractivity contribution is -0.153. The van der Waals surface area contributed by atoms with Gasteiger partial charge in [-0.05, 0) is 20.8 Å². The first kappa shape index (κ1) is 15.9. The first-order valence-electron chi connectivity index (χ1n) is 6.88. The third-order valence-corrected chi connectivity index (χ3v) is 3.18. The van der Waals surface area contributed by atoms with Crippen molar-refractivity contribution >= 4 is 11.9 Å². The summed E-state index contributed by atoms with van der Waals surface area (Å²) in [6, 6.07) is -0.353. The summed E-state index contributed by atoms with van der Waals surface area (Å²) in [5.74, 6) is -0.457. The van der Waals surface area contributed by atoms with Crippen molar-refractivity contribution in [2.75, 3.05) is 32.8 Å². The Bertz CT molecular complexity index is 309. The van der Waals surface area contributed by atoms with Crippen LogP contribution in [0.15, 0.2) is 0 Å². The van der Waals surface area contributed by atoms with Gasteiger partial charge in [-0.25, -0.2) is 0 Å². The second kappa shape index (κ2) is 8.12. The molecule has 0 saturated carbocycles. The summed E-state index contributed by atoms with van der Waals surface area (Å²) in [4.78, 5) is 25.4. The van der Waals surface area contributed by atoms with Crippen LogP contribution in [0.5, 0.6) is 0 Å². The molecule has 1 rings (SSSR count). The Morgan fingerprint density at radius 1 is 1.32 bits per heavy atom. The first-order valence-corrected chi connectivity index (χ1v) is 6.88. The molecule has 110 valence electrons. The number of piperazine rings is 1. The van der Waals surface area contributed by atoms with E-state index in [1.807, 2.05) is 11.8 Å². The molecule has 6 heteroatoms. The quantitative estimate of drug-likeness (QED) is 0.695. The Morgan fingerprint density at radius 2 is 2.00 bits per heavy atom. The molecule has 1 aliphatic heterocycles. The van der Waals surface area contributed by atoms with E-state index in [0.717, 1.165) is 13.1 Å². The van der Waals surface area contributed by atoms with E-state index in [4.69, 9.17) is 9.47 Å². The van der Waals surface area contributed by atoms with Gasteiger partial charge in [0, 0.05) is 25.7 Å². The molecule has 0 spiro atoms. The van der Waals surface area contributed by atoms with Gasteiger partial charge in [0.05, 0.1) is 19.6 Å². The van der Waals surface area contributed by atoms with Crippen LogP contribution in [-0.2, 0) is 19.1 Å². The van der Waals surface area contributed by atoms with Crippen molar-refractivity contribution in [1.82, 2.24) is 10.2 Å². The maximum absolute atomic E-state index is 11.9. The molecule has 6 nitrogen and oxygen atoms in total. The van der Waals surface area contributed by atoms with Crippen LogP contribution in [0, 0.1) is 0 Å². The molecule has 0 aliphatic carbocycles. The van der Waals surface area contributed by atoms with Gasteiger partial charge in [0.2, 0.25) is 0 Å². The summed E-state index contributed by atoms with van der Waals surface area (Å²) in [5, 5.41) is 3.18. The minimum Gasteiger partial charge on any atom is -0.466 e. The summed E-state index contributed by atoms with van der Waals surface area (Å²) in [6.07, 6.45) is 0.295. The fourth-order valence-corrected chi connectivity index (χ4v) is 2.28. The van der Waals surface area contributed by atoms with Gasteiger partial charge in [-0.15, -0.1) is 0 Å². The molecule has 0 aromatic rings. The number of nitrogens with one attached hydrogen (secondary N) is 1. The fourth-order valence-electron chi connectivity index (χ4n) is 2.28. The Labute approximate surface area is 114 Å². The number of nitrogens with zero attached hydrogens (tertiary/aromatic N) is 1. The second-order valence-electron chi connectivity index (χ2n) is 4.57. The number of carbonyl (C=O) groups is 2. The Morgan fingerprint density at radius 3 is 2.63 bits per heavy atom. The average Bonchev–Trinajstić information content (AvgIpc) is 2.39. The first-order chi connectivity index (χ1) is 9.10. The van der Waals surface area contributed by atoms with E-state index in [9.17, 15) is 9.59 Å². The lowest BCUT2D eigenvalue weighted by Crippen LogP contribution is -2.58. The molecule has 0 aromatic heterocycles. The molecular formula is C13H24N2O4. The fraction of sp³-hybridized carbons (Fsp3) is 0.846. The number of esters is 2. The zero-order valence-electron chi connectivity index (χ0n) is 12.0.